The van der Waals surface area contributed by atoms with Crippen LogP contribution in [0.1, 0.15) is 17.1 Å². The van der Waals surface area contributed by atoms with Crippen molar-refractivity contribution >= 4 is 27.5 Å². The smallest absolute Gasteiger partial charge is 0.244 e. The van der Waals surface area contributed by atoms with E-state index < -0.39 is 10.0 Å². The van der Waals surface area contributed by atoms with Crippen LogP contribution >= 0.6 is 0 Å². The lowest BCUT2D eigenvalue weighted by Crippen LogP contribution is -2.30. The van der Waals surface area contributed by atoms with Gasteiger partial charge in [0, 0.05) is 30.5 Å². The van der Waals surface area contributed by atoms with Gasteiger partial charge in [-0.25, -0.2) is 18.1 Å². The summed E-state index contributed by atoms with van der Waals surface area (Å²) in [5.41, 5.74) is 2.57. The van der Waals surface area contributed by atoms with Crippen LogP contribution in [0.15, 0.2) is 35.2 Å². The number of nitrogens with zero attached hydrogens (tertiary/aromatic N) is 3. The Bertz CT molecular complexity index is 1090. The summed E-state index contributed by atoms with van der Waals surface area (Å²) in [5, 5.41) is 12.9. The number of sulfonamides is 1. The van der Waals surface area contributed by atoms with Crippen LogP contribution in [0.2, 0.25) is 0 Å². The summed E-state index contributed by atoms with van der Waals surface area (Å²) >= 11 is 0. The molecular weight excluding hydrogens is 406 g/mol. The summed E-state index contributed by atoms with van der Waals surface area (Å²) in [4.78, 5) is 8.95. The number of benzene rings is 1. The fourth-order valence-corrected chi connectivity index (χ4v) is 4.30. The minimum atomic E-state index is -3.64. The third-order valence-electron chi connectivity index (χ3n) is 4.25. The molecule has 30 heavy (non-hydrogen) atoms. The Morgan fingerprint density at radius 2 is 1.80 bits per heavy atom. The highest BCUT2D eigenvalue weighted by molar-refractivity contribution is 7.89. The second-order valence-electron chi connectivity index (χ2n) is 6.66. The summed E-state index contributed by atoms with van der Waals surface area (Å²) in [5.74, 6) is 1.80. The molecule has 0 unspecified atom stereocenters. The molecule has 0 aliphatic rings. The first kappa shape index (κ1) is 21.5. The largest absolute Gasteiger partial charge is 0.497 e. The lowest BCUT2D eigenvalue weighted by molar-refractivity contribution is 0.415. The molecule has 0 spiro atoms. The number of anilines is 3. The molecule has 11 heteroatoms. The van der Waals surface area contributed by atoms with Gasteiger partial charge in [0.15, 0.2) is 0 Å². The lowest BCUT2D eigenvalue weighted by Gasteiger charge is -2.11. The molecular formula is C19H25N7O3S. The number of nitrogens with one attached hydrogen (secondary N) is 4. The number of aromatic nitrogens is 4. The Morgan fingerprint density at radius 1 is 1.07 bits per heavy atom. The predicted molar refractivity (Wildman–Crippen MR) is 115 cm³/mol. The van der Waals surface area contributed by atoms with Crippen molar-refractivity contribution in [1.82, 2.24) is 24.9 Å². The second kappa shape index (κ2) is 9.09. The number of hydrogen-bond acceptors (Lipinski definition) is 8. The van der Waals surface area contributed by atoms with E-state index in [2.05, 4.69) is 35.5 Å². The predicted octanol–water partition coefficient (Wildman–Crippen LogP) is 2.27. The van der Waals surface area contributed by atoms with Crippen molar-refractivity contribution in [1.29, 1.82) is 0 Å². The van der Waals surface area contributed by atoms with Crippen LogP contribution in [0.4, 0.5) is 17.5 Å². The summed E-state index contributed by atoms with van der Waals surface area (Å²) < 4.78 is 32.6. The van der Waals surface area contributed by atoms with Crippen LogP contribution in [-0.4, -0.2) is 48.8 Å². The molecule has 0 aliphatic carbocycles. The van der Waals surface area contributed by atoms with E-state index in [-0.39, 0.29) is 11.4 Å². The molecule has 0 fully saturated rings. The third-order valence-corrected chi connectivity index (χ3v) is 5.97. The molecule has 1 aromatic carbocycles. The number of aryl methyl sites for hydroxylation is 3. The first-order valence-corrected chi connectivity index (χ1v) is 10.8. The van der Waals surface area contributed by atoms with Crippen molar-refractivity contribution in [3.8, 4) is 5.75 Å². The van der Waals surface area contributed by atoms with Gasteiger partial charge in [0.25, 0.3) is 0 Å². The van der Waals surface area contributed by atoms with Crippen LogP contribution in [0.25, 0.3) is 0 Å². The number of rotatable bonds is 9. The minimum absolute atomic E-state index is 0.172. The Labute approximate surface area is 175 Å². The highest BCUT2D eigenvalue weighted by Gasteiger charge is 2.21. The van der Waals surface area contributed by atoms with Crippen molar-refractivity contribution in [2.45, 2.75) is 25.7 Å². The molecule has 0 atom stereocenters. The maximum absolute atomic E-state index is 12.5. The zero-order valence-electron chi connectivity index (χ0n) is 17.3. The standard InChI is InChI=1S/C19H25N7O3S/c1-12-11-17(23-15-5-7-16(29-4)8-6-15)24-19(22-12)20-9-10-21-30(27,28)18-13(2)25-26-14(18)3/h5-8,11,21H,9-10H2,1-4H3,(H,25,26)(H2,20,22,23,24). The van der Waals surface area contributed by atoms with Gasteiger partial charge in [0.2, 0.25) is 16.0 Å². The number of hydrogen-bond donors (Lipinski definition) is 4. The average molecular weight is 432 g/mol. The van der Waals surface area contributed by atoms with Gasteiger partial charge in [-0.1, -0.05) is 0 Å². The van der Waals surface area contributed by atoms with E-state index >= 15 is 0 Å². The lowest BCUT2D eigenvalue weighted by atomic mass is 10.3. The highest BCUT2D eigenvalue weighted by atomic mass is 32.2. The van der Waals surface area contributed by atoms with Gasteiger partial charge in [-0.05, 0) is 45.0 Å². The highest BCUT2D eigenvalue weighted by Crippen LogP contribution is 2.20. The Balaban J connectivity index is 1.59. The van der Waals surface area contributed by atoms with Crippen LogP contribution in [0.3, 0.4) is 0 Å². The van der Waals surface area contributed by atoms with Crippen molar-refractivity contribution in [2.75, 3.05) is 30.8 Å². The molecule has 0 bridgehead atoms. The van der Waals surface area contributed by atoms with Crippen LogP contribution in [-0.2, 0) is 10.0 Å². The van der Waals surface area contributed by atoms with Crippen molar-refractivity contribution in [3.63, 3.8) is 0 Å². The van der Waals surface area contributed by atoms with Crippen molar-refractivity contribution in [2.24, 2.45) is 0 Å². The van der Waals surface area contributed by atoms with E-state index in [1.807, 2.05) is 37.3 Å². The first-order valence-electron chi connectivity index (χ1n) is 9.30. The molecule has 2 aromatic heterocycles. The van der Waals surface area contributed by atoms with Gasteiger partial charge < -0.3 is 15.4 Å². The van der Waals surface area contributed by atoms with Gasteiger partial charge in [-0.3, -0.25) is 5.10 Å². The Hall–Kier alpha value is -3.18. The summed E-state index contributed by atoms with van der Waals surface area (Å²) in [6, 6.07) is 9.30. The minimum Gasteiger partial charge on any atom is -0.497 e. The monoisotopic (exact) mass is 431 g/mol. The molecule has 160 valence electrons. The maximum atomic E-state index is 12.5. The molecule has 0 saturated carbocycles. The van der Waals surface area contributed by atoms with Crippen LogP contribution < -0.4 is 20.1 Å². The van der Waals surface area contributed by atoms with E-state index in [1.165, 1.54) is 0 Å². The normalized spacial score (nSPS) is 11.3. The quantitative estimate of drug-likeness (QED) is 0.379. The van der Waals surface area contributed by atoms with Gasteiger partial charge in [-0.2, -0.15) is 10.1 Å². The molecule has 10 nitrogen and oxygen atoms in total. The molecule has 2 heterocycles. The number of ether oxygens (including phenoxy) is 1. The second-order valence-corrected chi connectivity index (χ2v) is 8.36. The zero-order chi connectivity index (χ0) is 21.7. The number of aromatic amines is 1. The fourth-order valence-electron chi connectivity index (χ4n) is 2.90. The first-order chi connectivity index (χ1) is 14.3. The van der Waals surface area contributed by atoms with Gasteiger partial charge in [0.05, 0.1) is 18.5 Å². The molecule has 3 rings (SSSR count). The average Bonchev–Trinajstić information content (AvgIpc) is 3.04. The molecule has 0 radical (unpaired) electrons. The Kier molecular flexibility index (Phi) is 6.53. The Morgan fingerprint density at radius 3 is 2.43 bits per heavy atom. The summed E-state index contributed by atoms with van der Waals surface area (Å²) in [6.45, 7) is 5.67. The molecule has 0 aliphatic heterocycles. The van der Waals surface area contributed by atoms with E-state index in [0.717, 1.165) is 17.1 Å². The SMILES string of the molecule is COc1ccc(Nc2cc(C)nc(NCCNS(=O)(=O)c3c(C)n[nH]c3C)n2)cc1. The van der Waals surface area contributed by atoms with Crippen molar-refractivity contribution < 1.29 is 13.2 Å². The molecule has 3 aromatic rings. The number of H-pyrrole nitrogens is 1. The molecule has 0 amide bonds. The molecule has 4 N–H and O–H groups in total. The zero-order valence-corrected chi connectivity index (χ0v) is 18.1. The van der Waals surface area contributed by atoms with Gasteiger partial charge in [0.1, 0.15) is 16.5 Å². The summed E-state index contributed by atoms with van der Waals surface area (Å²) in [6.07, 6.45) is 0. The van der Waals surface area contributed by atoms with Gasteiger partial charge in [-0.15, -0.1) is 0 Å². The number of methoxy groups -OCH3 is 1. The molecule has 0 saturated heterocycles. The van der Waals surface area contributed by atoms with Crippen molar-refractivity contribution in [3.05, 3.63) is 47.4 Å². The topological polar surface area (TPSA) is 134 Å². The van der Waals surface area contributed by atoms with E-state index in [1.54, 1.807) is 21.0 Å². The third kappa shape index (κ3) is 5.24. The van der Waals surface area contributed by atoms with Crippen LogP contribution in [0, 0.1) is 20.8 Å². The van der Waals surface area contributed by atoms with E-state index in [9.17, 15) is 8.42 Å². The van der Waals surface area contributed by atoms with E-state index in [4.69, 9.17) is 4.74 Å². The van der Waals surface area contributed by atoms with Crippen LogP contribution in [0.5, 0.6) is 5.75 Å². The maximum Gasteiger partial charge on any atom is 0.244 e. The van der Waals surface area contributed by atoms with E-state index in [0.29, 0.717) is 29.7 Å². The summed E-state index contributed by atoms with van der Waals surface area (Å²) in [7, 11) is -2.03. The van der Waals surface area contributed by atoms with Gasteiger partial charge >= 0.3 is 0 Å². The fraction of sp³-hybridized carbons (Fsp3) is 0.316.